The molecule has 2 N–H and O–H groups in total. The SMILES string of the molecule is C#CCONC(=O)c1cc(I)c(C)[nH]c1=O. The fourth-order valence-corrected chi connectivity index (χ4v) is 1.41. The molecule has 0 aliphatic carbocycles. The van der Waals surface area contributed by atoms with Gasteiger partial charge in [-0.1, -0.05) is 5.92 Å². The quantitative estimate of drug-likeness (QED) is 0.368. The maximum Gasteiger partial charge on any atom is 0.280 e. The molecular weight excluding hydrogens is 323 g/mol. The minimum Gasteiger partial charge on any atom is -0.325 e. The molecule has 0 aromatic carbocycles. The second-order valence-electron chi connectivity index (χ2n) is 2.91. The van der Waals surface area contributed by atoms with Crippen LogP contribution < -0.4 is 11.0 Å². The summed E-state index contributed by atoms with van der Waals surface area (Å²) >= 11 is 2.02. The highest BCUT2D eigenvalue weighted by Crippen LogP contribution is 2.07. The topological polar surface area (TPSA) is 71.2 Å². The average molecular weight is 332 g/mol. The Hall–Kier alpha value is -1.33. The number of rotatable bonds is 3. The Morgan fingerprint density at radius 2 is 2.44 bits per heavy atom. The molecule has 0 radical (unpaired) electrons. The predicted octanol–water partition coefficient (Wildman–Crippen LogP) is 0.583. The largest absolute Gasteiger partial charge is 0.325 e. The number of pyridine rings is 1. The van der Waals surface area contributed by atoms with Gasteiger partial charge in [-0.3, -0.25) is 14.4 Å². The molecule has 5 nitrogen and oxygen atoms in total. The smallest absolute Gasteiger partial charge is 0.280 e. The van der Waals surface area contributed by atoms with E-state index >= 15 is 0 Å². The number of H-pyrrole nitrogens is 1. The zero-order valence-corrected chi connectivity index (χ0v) is 10.6. The summed E-state index contributed by atoms with van der Waals surface area (Å²) < 4.78 is 0.791. The fraction of sp³-hybridized carbons (Fsp3) is 0.200. The van der Waals surface area contributed by atoms with Crippen LogP contribution in [0.1, 0.15) is 16.1 Å². The molecule has 1 aromatic rings. The molecule has 1 rings (SSSR count). The highest BCUT2D eigenvalue weighted by Gasteiger charge is 2.12. The number of hydroxylamine groups is 1. The summed E-state index contributed by atoms with van der Waals surface area (Å²) in [4.78, 5) is 30.1. The second kappa shape index (κ2) is 5.67. The molecule has 1 aromatic heterocycles. The van der Waals surface area contributed by atoms with Gasteiger partial charge in [0.05, 0.1) is 0 Å². The number of nitrogens with one attached hydrogen (secondary N) is 2. The number of halogens is 1. The normalized spacial score (nSPS) is 9.56. The van der Waals surface area contributed by atoms with E-state index in [2.05, 4.69) is 21.2 Å². The predicted molar refractivity (Wildman–Crippen MR) is 66.8 cm³/mol. The van der Waals surface area contributed by atoms with E-state index in [1.165, 1.54) is 6.07 Å². The number of aryl methyl sites for hydroxylation is 1. The van der Waals surface area contributed by atoms with Gasteiger partial charge in [-0.25, -0.2) is 5.48 Å². The van der Waals surface area contributed by atoms with E-state index in [0.717, 1.165) is 3.57 Å². The fourth-order valence-electron chi connectivity index (χ4n) is 0.965. The van der Waals surface area contributed by atoms with E-state index in [0.29, 0.717) is 5.69 Å². The zero-order chi connectivity index (χ0) is 12.1. The van der Waals surface area contributed by atoms with Crippen molar-refractivity contribution in [3.8, 4) is 12.3 Å². The summed E-state index contributed by atoms with van der Waals surface area (Å²) in [6.07, 6.45) is 4.93. The lowest BCUT2D eigenvalue weighted by Gasteiger charge is -2.04. The van der Waals surface area contributed by atoms with Gasteiger partial charge >= 0.3 is 0 Å². The van der Waals surface area contributed by atoms with Crippen LogP contribution in [-0.2, 0) is 4.84 Å². The molecule has 0 aliphatic heterocycles. The van der Waals surface area contributed by atoms with Gasteiger partial charge in [0.2, 0.25) is 0 Å². The standard InChI is InChI=1S/C10H9IN2O3/c1-3-4-16-13-10(15)7-5-8(11)6(2)12-9(7)14/h1,5H,4H2,2H3,(H,12,14)(H,13,15). The third-order valence-electron chi connectivity index (χ3n) is 1.74. The van der Waals surface area contributed by atoms with Crippen molar-refractivity contribution in [3.63, 3.8) is 0 Å². The monoisotopic (exact) mass is 332 g/mol. The Balaban J connectivity index is 2.89. The summed E-state index contributed by atoms with van der Waals surface area (Å²) in [5.41, 5.74) is 2.33. The first kappa shape index (κ1) is 12.7. The van der Waals surface area contributed by atoms with Crippen LogP contribution in [0.2, 0.25) is 0 Å². The van der Waals surface area contributed by atoms with Crippen molar-refractivity contribution in [1.29, 1.82) is 0 Å². The Morgan fingerprint density at radius 1 is 1.75 bits per heavy atom. The summed E-state index contributed by atoms with van der Waals surface area (Å²) in [7, 11) is 0. The van der Waals surface area contributed by atoms with E-state index < -0.39 is 11.5 Å². The van der Waals surface area contributed by atoms with Crippen molar-refractivity contribution >= 4 is 28.5 Å². The third kappa shape index (κ3) is 3.08. The molecule has 0 unspecified atom stereocenters. The van der Waals surface area contributed by atoms with Crippen molar-refractivity contribution in [3.05, 3.63) is 31.2 Å². The van der Waals surface area contributed by atoms with Crippen LogP contribution in [0.25, 0.3) is 0 Å². The minimum atomic E-state index is -0.616. The molecule has 0 saturated heterocycles. The molecule has 1 amide bonds. The molecule has 0 spiro atoms. The van der Waals surface area contributed by atoms with E-state index in [4.69, 9.17) is 6.42 Å². The van der Waals surface area contributed by atoms with Crippen LogP contribution in [0.15, 0.2) is 10.9 Å². The van der Waals surface area contributed by atoms with Crippen molar-refractivity contribution in [1.82, 2.24) is 10.5 Å². The van der Waals surface area contributed by atoms with Gasteiger partial charge in [0, 0.05) is 9.26 Å². The molecule has 0 fully saturated rings. The van der Waals surface area contributed by atoms with Crippen LogP contribution in [0, 0.1) is 22.8 Å². The third-order valence-corrected chi connectivity index (χ3v) is 2.86. The molecule has 0 saturated carbocycles. The molecule has 0 atom stereocenters. The number of aromatic amines is 1. The van der Waals surface area contributed by atoms with Crippen molar-refractivity contribution in [2.45, 2.75) is 6.92 Å². The number of aromatic nitrogens is 1. The summed E-state index contributed by atoms with van der Waals surface area (Å²) in [5, 5.41) is 0. The average Bonchev–Trinajstić information content (AvgIpc) is 2.23. The lowest BCUT2D eigenvalue weighted by atomic mass is 10.2. The van der Waals surface area contributed by atoms with E-state index in [1.807, 2.05) is 22.6 Å². The Labute approximate surface area is 106 Å². The molecule has 0 bridgehead atoms. The Bertz CT molecular complexity index is 502. The highest BCUT2D eigenvalue weighted by atomic mass is 127. The zero-order valence-electron chi connectivity index (χ0n) is 8.46. The van der Waals surface area contributed by atoms with Crippen molar-refractivity contribution < 1.29 is 9.63 Å². The number of hydrogen-bond donors (Lipinski definition) is 2. The van der Waals surface area contributed by atoms with Gasteiger partial charge in [-0.2, -0.15) is 0 Å². The molecular formula is C10H9IN2O3. The molecule has 16 heavy (non-hydrogen) atoms. The van der Waals surface area contributed by atoms with Gasteiger partial charge in [-0.05, 0) is 35.6 Å². The van der Waals surface area contributed by atoms with Gasteiger partial charge in [-0.15, -0.1) is 6.42 Å². The van der Waals surface area contributed by atoms with Crippen molar-refractivity contribution in [2.75, 3.05) is 6.61 Å². The molecule has 84 valence electrons. The lowest BCUT2D eigenvalue weighted by molar-refractivity contribution is 0.0436. The molecule has 6 heteroatoms. The minimum absolute atomic E-state index is 0.00739. The van der Waals surface area contributed by atoms with Crippen LogP contribution in [0.5, 0.6) is 0 Å². The van der Waals surface area contributed by atoms with E-state index in [-0.39, 0.29) is 12.2 Å². The highest BCUT2D eigenvalue weighted by molar-refractivity contribution is 14.1. The lowest BCUT2D eigenvalue weighted by Crippen LogP contribution is -2.30. The van der Waals surface area contributed by atoms with Gasteiger partial charge in [0.1, 0.15) is 12.2 Å². The first-order chi connectivity index (χ1) is 7.56. The van der Waals surface area contributed by atoms with Crippen LogP contribution in [0.3, 0.4) is 0 Å². The van der Waals surface area contributed by atoms with E-state index in [9.17, 15) is 9.59 Å². The number of carbonyl (C=O) groups excluding carboxylic acids is 1. The number of terminal acetylenes is 1. The first-order valence-electron chi connectivity index (χ1n) is 4.31. The van der Waals surface area contributed by atoms with Gasteiger partial charge in [0.25, 0.3) is 11.5 Å². The summed E-state index contributed by atoms with van der Waals surface area (Å²) in [6.45, 7) is 1.70. The van der Waals surface area contributed by atoms with Crippen LogP contribution in [-0.4, -0.2) is 17.5 Å². The van der Waals surface area contributed by atoms with Crippen molar-refractivity contribution in [2.24, 2.45) is 0 Å². The number of hydrogen-bond acceptors (Lipinski definition) is 3. The maximum atomic E-state index is 11.5. The molecule has 1 heterocycles. The molecule has 0 aliphatic rings. The summed E-state index contributed by atoms with van der Waals surface area (Å²) in [5.74, 6) is 1.57. The Morgan fingerprint density at radius 3 is 3.06 bits per heavy atom. The first-order valence-corrected chi connectivity index (χ1v) is 5.39. The second-order valence-corrected chi connectivity index (χ2v) is 4.07. The number of carbonyl (C=O) groups is 1. The number of amides is 1. The van der Waals surface area contributed by atoms with Gasteiger partial charge in [0.15, 0.2) is 0 Å². The Kier molecular flexibility index (Phi) is 4.52. The van der Waals surface area contributed by atoms with Gasteiger partial charge < -0.3 is 4.98 Å². The maximum absolute atomic E-state index is 11.5. The van der Waals surface area contributed by atoms with Crippen LogP contribution >= 0.6 is 22.6 Å². The summed E-state index contributed by atoms with van der Waals surface area (Å²) in [6, 6.07) is 1.49. The van der Waals surface area contributed by atoms with Crippen LogP contribution in [0.4, 0.5) is 0 Å². The van der Waals surface area contributed by atoms with E-state index in [1.54, 1.807) is 6.92 Å².